The van der Waals surface area contributed by atoms with E-state index in [1.807, 2.05) is 0 Å². The fraction of sp³-hybridized carbons (Fsp3) is 0.182. The molecule has 0 bridgehead atoms. The van der Waals surface area contributed by atoms with Crippen molar-refractivity contribution < 1.29 is 18.7 Å². The molecule has 32 heavy (non-hydrogen) atoms. The molecule has 0 aliphatic heterocycles. The monoisotopic (exact) mass is 458 g/mol. The Kier molecular flexibility index (Phi) is 7.21. The number of nitrogens with one attached hydrogen (secondary N) is 2. The average Bonchev–Trinajstić information content (AvgIpc) is 2.77. The van der Waals surface area contributed by atoms with Gasteiger partial charge in [0.25, 0.3) is 17.4 Å². The Bertz CT molecular complexity index is 1260. The summed E-state index contributed by atoms with van der Waals surface area (Å²) in [5.74, 6) is -1.27. The Morgan fingerprint density at radius 3 is 2.78 bits per heavy atom. The fourth-order valence-electron chi connectivity index (χ4n) is 2.77. The van der Waals surface area contributed by atoms with Crippen molar-refractivity contribution in [2.24, 2.45) is 7.05 Å². The molecule has 2 aromatic carbocycles. The summed E-state index contributed by atoms with van der Waals surface area (Å²) in [6.45, 7) is 3.69. The number of aryl methyl sites for hydroxylation is 1. The fourth-order valence-corrected chi connectivity index (χ4v) is 2.88. The van der Waals surface area contributed by atoms with Crippen LogP contribution in [-0.2, 0) is 11.8 Å². The zero-order chi connectivity index (χ0) is 23.3. The molecule has 0 saturated heterocycles. The average molecular weight is 459 g/mol. The molecule has 0 atom stereocenters. The first-order valence-corrected chi connectivity index (χ1v) is 9.91. The first-order chi connectivity index (χ1) is 15.2. The minimum absolute atomic E-state index is 0.0356. The van der Waals surface area contributed by atoms with E-state index in [0.717, 1.165) is 6.07 Å². The number of amides is 2. The van der Waals surface area contributed by atoms with Crippen LogP contribution in [0.1, 0.15) is 16.8 Å². The van der Waals surface area contributed by atoms with E-state index < -0.39 is 17.6 Å². The smallest absolute Gasteiger partial charge is 0.260 e. The van der Waals surface area contributed by atoms with Crippen molar-refractivity contribution in [1.82, 2.24) is 20.2 Å². The number of halogens is 2. The van der Waals surface area contributed by atoms with Crippen LogP contribution in [0.4, 0.5) is 4.39 Å². The van der Waals surface area contributed by atoms with E-state index in [9.17, 15) is 18.8 Å². The summed E-state index contributed by atoms with van der Waals surface area (Å²) in [6.07, 6.45) is 1.68. The lowest BCUT2D eigenvalue weighted by Crippen LogP contribution is -2.31. The molecule has 1 aromatic heterocycles. The molecule has 1 heterocycles. The second-order valence-electron chi connectivity index (χ2n) is 6.91. The van der Waals surface area contributed by atoms with Crippen LogP contribution in [0.25, 0.3) is 10.9 Å². The van der Waals surface area contributed by atoms with E-state index in [0.29, 0.717) is 28.6 Å². The molecule has 2 amide bonds. The molecule has 8 nitrogen and oxygen atoms in total. The highest BCUT2D eigenvalue weighted by molar-refractivity contribution is 6.30. The quantitative estimate of drug-likeness (QED) is 0.540. The number of ether oxygens (including phenoxy) is 1. The maximum atomic E-state index is 13.4. The summed E-state index contributed by atoms with van der Waals surface area (Å²) < 4.78 is 19.9. The predicted octanol–water partition coefficient (Wildman–Crippen LogP) is 2.55. The first-order valence-electron chi connectivity index (χ1n) is 9.53. The lowest BCUT2D eigenvalue weighted by molar-refractivity contribution is -0.123. The third kappa shape index (κ3) is 5.70. The highest BCUT2D eigenvalue weighted by atomic mass is 35.5. The minimum Gasteiger partial charge on any atom is -0.484 e. The lowest BCUT2D eigenvalue weighted by atomic mass is 10.1. The van der Waals surface area contributed by atoms with Crippen LogP contribution in [0.15, 0.2) is 59.8 Å². The minimum atomic E-state index is -0.638. The van der Waals surface area contributed by atoms with Crippen molar-refractivity contribution in [3.63, 3.8) is 0 Å². The summed E-state index contributed by atoms with van der Waals surface area (Å²) in [5.41, 5.74) is 0.937. The molecule has 2 N–H and O–H groups in total. The van der Waals surface area contributed by atoms with Crippen LogP contribution in [0.5, 0.6) is 5.75 Å². The van der Waals surface area contributed by atoms with Crippen molar-refractivity contribution in [2.75, 3.05) is 13.2 Å². The van der Waals surface area contributed by atoms with Gasteiger partial charge in [-0.15, -0.1) is 0 Å². The maximum absolute atomic E-state index is 13.4. The molecule has 0 unspecified atom stereocenters. The number of benzene rings is 2. The lowest BCUT2D eigenvalue weighted by Gasteiger charge is -2.11. The van der Waals surface area contributed by atoms with Gasteiger partial charge < -0.3 is 19.9 Å². The highest BCUT2D eigenvalue weighted by Crippen LogP contribution is 2.20. The number of hydrogen-bond acceptors (Lipinski definition) is 5. The summed E-state index contributed by atoms with van der Waals surface area (Å²) >= 11 is 5.59. The molecule has 0 aliphatic carbocycles. The Morgan fingerprint density at radius 2 is 2.03 bits per heavy atom. The molecule has 3 aromatic rings. The number of nitrogens with zero attached hydrogens (tertiary/aromatic N) is 2. The van der Waals surface area contributed by atoms with Gasteiger partial charge in [0.05, 0.1) is 22.3 Å². The van der Waals surface area contributed by atoms with Crippen LogP contribution in [-0.4, -0.2) is 34.5 Å². The van der Waals surface area contributed by atoms with E-state index in [2.05, 4.69) is 22.2 Å². The molecule has 0 spiro atoms. The highest BCUT2D eigenvalue weighted by Gasteiger charge is 2.11. The van der Waals surface area contributed by atoms with Crippen LogP contribution in [0, 0.1) is 5.82 Å². The molecular formula is C22H20ClFN4O4. The van der Waals surface area contributed by atoms with E-state index in [4.69, 9.17) is 16.3 Å². The van der Waals surface area contributed by atoms with Crippen LogP contribution in [0.3, 0.4) is 0 Å². The topological polar surface area (TPSA) is 102 Å². The van der Waals surface area contributed by atoms with E-state index in [1.54, 1.807) is 13.1 Å². The largest absolute Gasteiger partial charge is 0.484 e. The van der Waals surface area contributed by atoms with Crippen LogP contribution < -0.4 is 20.9 Å². The van der Waals surface area contributed by atoms with E-state index in [-0.39, 0.29) is 29.5 Å². The third-order valence-corrected chi connectivity index (χ3v) is 4.79. The van der Waals surface area contributed by atoms with Gasteiger partial charge in [-0.25, -0.2) is 9.37 Å². The van der Waals surface area contributed by atoms with Gasteiger partial charge in [-0.2, -0.15) is 0 Å². The van der Waals surface area contributed by atoms with Crippen LogP contribution in [0.2, 0.25) is 5.02 Å². The van der Waals surface area contributed by atoms with E-state index in [1.165, 1.54) is 35.2 Å². The second kappa shape index (κ2) is 10.1. The van der Waals surface area contributed by atoms with E-state index >= 15 is 0 Å². The number of carbonyl (C=O) groups excluding carboxylic acids is 2. The van der Waals surface area contributed by atoms with Gasteiger partial charge in [0.2, 0.25) is 0 Å². The van der Waals surface area contributed by atoms with Gasteiger partial charge in [-0.3, -0.25) is 14.4 Å². The molecule has 0 saturated carbocycles. The molecule has 166 valence electrons. The summed E-state index contributed by atoms with van der Waals surface area (Å²) in [6, 6.07) is 8.49. The van der Waals surface area contributed by atoms with Crippen LogP contribution >= 0.6 is 11.6 Å². The Hall–Kier alpha value is -3.72. The van der Waals surface area contributed by atoms with Gasteiger partial charge >= 0.3 is 0 Å². The molecule has 10 heteroatoms. The summed E-state index contributed by atoms with van der Waals surface area (Å²) in [7, 11) is 1.60. The standard InChI is InChI=1S/C22H20ClFN4O4/c1-13(7-8-25-20(29)11-32-15-4-6-17(23)18(24)10-15)27-21(30)14-3-5-16-19(9-14)26-12-28(2)22(16)31/h3-6,9-10,12H,1,7-8,11H2,2H3,(H,25,29)(H,27,30). The summed E-state index contributed by atoms with van der Waals surface area (Å²) in [4.78, 5) is 40.5. The van der Waals surface area contributed by atoms with Gasteiger partial charge in [-0.1, -0.05) is 18.2 Å². The van der Waals surface area contributed by atoms with Crippen molar-refractivity contribution in [1.29, 1.82) is 0 Å². The number of fused-ring (bicyclic) bond motifs is 1. The zero-order valence-electron chi connectivity index (χ0n) is 17.2. The van der Waals surface area contributed by atoms with Gasteiger partial charge in [0.15, 0.2) is 6.61 Å². The van der Waals surface area contributed by atoms with Gasteiger partial charge in [-0.05, 0) is 30.3 Å². The molecule has 0 aliphatic rings. The maximum Gasteiger partial charge on any atom is 0.260 e. The number of carbonyl (C=O) groups is 2. The third-order valence-electron chi connectivity index (χ3n) is 4.48. The molecule has 0 radical (unpaired) electrons. The Labute approximate surface area is 187 Å². The first kappa shape index (κ1) is 23.0. The van der Waals surface area contributed by atoms with Crippen molar-refractivity contribution in [3.05, 3.63) is 81.8 Å². The van der Waals surface area contributed by atoms with Crippen molar-refractivity contribution >= 4 is 34.3 Å². The normalized spacial score (nSPS) is 10.6. The van der Waals surface area contributed by atoms with Crippen molar-refractivity contribution in [2.45, 2.75) is 6.42 Å². The molecule has 3 rings (SSSR count). The number of aromatic nitrogens is 2. The van der Waals surface area contributed by atoms with Gasteiger partial charge in [0.1, 0.15) is 11.6 Å². The Balaban J connectivity index is 1.45. The van der Waals surface area contributed by atoms with Crippen molar-refractivity contribution in [3.8, 4) is 5.75 Å². The number of rotatable bonds is 8. The molecular weight excluding hydrogens is 439 g/mol. The SMILES string of the molecule is C=C(CCNC(=O)COc1ccc(Cl)c(F)c1)NC(=O)c1ccc2c(=O)n(C)cnc2c1. The van der Waals surface area contributed by atoms with Gasteiger partial charge in [0, 0.05) is 37.3 Å². The summed E-state index contributed by atoms with van der Waals surface area (Å²) in [5, 5.41) is 5.64. The predicted molar refractivity (Wildman–Crippen MR) is 118 cm³/mol. The molecule has 0 fully saturated rings. The Morgan fingerprint density at radius 1 is 1.25 bits per heavy atom. The second-order valence-corrected chi connectivity index (χ2v) is 7.32. The number of hydrogen-bond donors (Lipinski definition) is 2. The zero-order valence-corrected chi connectivity index (χ0v) is 17.9.